The lowest BCUT2D eigenvalue weighted by Gasteiger charge is -2.26. The number of carbonyl (C=O) groups is 1. The first kappa shape index (κ1) is 21.0. The molecule has 0 aliphatic carbocycles. The molecule has 4 aromatic rings. The molecule has 8 heteroatoms. The minimum Gasteiger partial charge on any atom is -0.493 e. The van der Waals surface area contributed by atoms with Gasteiger partial charge in [0.1, 0.15) is 11.3 Å². The minimum atomic E-state index is -0.320. The molecule has 0 saturated carbocycles. The van der Waals surface area contributed by atoms with Crippen LogP contribution < -0.4 is 10.1 Å². The molecule has 160 valence electrons. The van der Waals surface area contributed by atoms with Gasteiger partial charge in [0.05, 0.1) is 38.8 Å². The van der Waals surface area contributed by atoms with Crippen molar-refractivity contribution in [3.05, 3.63) is 87.1 Å². The number of para-hydroxylation sites is 1. The summed E-state index contributed by atoms with van der Waals surface area (Å²) in [4.78, 5) is 22.0. The SMILES string of the molecule is O=C(N[C@H]1CCOc2ccccc21)c1cnc2c(-c3cccc(Cl)c3Cl)ccnc2c1Cl. The monoisotopic (exact) mass is 483 g/mol. The molecule has 0 spiro atoms. The first-order chi connectivity index (χ1) is 15.5. The molecule has 2 aromatic heterocycles. The second-order valence-electron chi connectivity index (χ2n) is 7.34. The van der Waals surface area contributed by atoms with E-state index in [-0.39, 0.29) is 22.5 Å². The van der Waals surface area contributed by atoms with Gasteiger partial charge in [0.15, 0.2) is 0 Å². The molecule has 1 N–H and O–H groups in total. The van der Waals surface area contributed by atoms with Gasteiger partial charge in [-0.15, -0.1) is 0 Å². The summed E-state index contributed by atoms with van der Waals surface area (Å²) < 4.78 is 5.68. The van der Waals surface area contributed by atoms with E-state index in [1.54, 1.807) is 18.3 Å². The van der Waals surface area contributed by atoms with Gasteiger partial charge in [0, 0.05) is 35.5 Å². The van der Waals surface area contributed by atoms with E-state index in [0.717, 1.165) is 16.9 Å². The molecule has 3 heterocycles. The van der Waals surface area contributed by atoms with E-state index in [2.05, 4.69) is 15.3 Å². The average molecular weight is 485 g/mol. The summed E-state index contributed by atoms with van der Waals surface area (Å²) in [6, 6.07) is 14.7. The van der Waals surface area contributed by atoms with E-state index >= 15 is 0 Å². The number of hydrogen-bond donors (Lipinski definition) is 1. The Morgan fingerprint density at radius 2 is 1.78 bits per heavy atom. The fraction of sp³-hybridized carbons (Fsp3) is 0.125. The van der Waals surface area contributed by atoms with Crippen molar-refractivity contribution < 1.29 is 9.53 Å². The highest BCUT2D eigenvalue weighted by Crippen LogP contribution is 2.38. The topological polar surface area (TPSA) is 64.1 Å². The van der Waals surface area contributed by atoms with Gasteiger partial charge in [-0.1, -0.05) is 65.1 Å². The Bertz CT molecular complexity index is 1360. The van der Waals surface area contributed by atoms with Crippen LogP contribution in [0, 0.1) is 0 Å². The van der Waals surface area contributed by atoms with Crippen LogP contribution in [0.3, 0.4) is 0 Å². The molecule has 5 nitrogen and oxygen atoms in total. The normalized spacial score (nSPS) is 15.2. The van der Waals surface area contributed by atoms with Crippen molar-refractivity contribution >= 4 is 51.7 Å². The van der Waals surface area contributed by atoms with Crippen LogP contribution in [0.25, 0.3) is 22.2 Å². The van der Waals surface area contributed by atoms with E-state index in [1.165, 1.54) is 6.20 Å². The molecule has 32 heavy (non-hydrogen) atoms. The van der Waals surface area contributed by atoms with Crippen LogP contribution in [0.2, 0.25) is 15.1 Å². The Kier molecular flexibility index (Phi) is 5.64. The highest BCUT2D eigenvalue weighted by molar-refractivity contribution is 6.44. The van der Waals surface area contributed by atoms with Crippen LogP contribution in [0.15, 0.2) is 60.9 Å². The number of aromatic nitrogens is 2. The van der Waals surface area contributed by atoms with Gasteiger partial charge < -0.3 is 10.1 Å². The molecule has 0 saturated heterocycles. The lowest BCUT2D eigenvalue weighted by atomic mass is 10.00. The summed E-state index contributed by atoms with van der Waals surface area (Å²) >= 11 is 19.2. The van der Waals surface area contributed by atoms with Gasteiger partial charge in [0.25, 0.3) is 5.91 Å². The van der Waals surface area contributed by atoms with Gasteiger partial charge in [-0.3, -0.25) is 14.8 Å². The van der Waals surface area contributed by atoms with Gasteiger partial charge in [-0.05, 0) is 18.2 Å². The maximum Gasteiger partial charge on any atom is 0.254 e. The number of hydrogen-bond acceptors (Lipinski definition) is 4. The van der Waals surface area contributed by atoms with E-state index in [1.807, 2.05) is 36.4 Å². The molecule has 1 atom stereocenters. The van der Waals surface area contributed by atoms with Crippen molar-refractivity contribution in [1.29, 1.82) is 0 Å². The van der Waals surface area contributed by atoms with Crippen LogP contribution in [0.4, 0.5) is 0 Å². The molecular weight excluding hydrogens is 469 g/mol. The molecule has 5 rings (SSSR count). The van der Waals surface area contributed by atoms with Crippen molar-refractivity contribution in [2.45, 2.75) is 12.5 Å². The molecule has 0 fully saturated rings. The molecule has 0 unspecified atom stereocenters. The van der Waals surface area contributed by atoms with E-state index in [9.17, 15) is 4.79 Å². The largest absolute Gasteiger partial charge is 0.493 e. The van der Waals surface area contributed by atoms with Crippen LogP contribution in [0.5, 0.6) is 5.75 Å². The van der Waals surface area contributed by atoms with Crippen molar-refractivity contribution in [2.75, 3.05) is 6.61 Å². The number of rotatable bonds is 3. The number of amides is 1. The number of carbonyl (C=O) groups excluding carboxylic acids is 1. The van der Waals surface area contributed by atoms with E-state index in [4.69, 9.17) is 39.5 Å². The van der Waals surface area contributed by atoms with E-state index in [0.29, 0.717) is 39.7 Å². The zero-order chi connectivity index (χ0) is 22.2. The molecule has 1 amide bonds. The van der Waals surface area contributed by atoms with E-state index < -0.39 is 0 Å². The zero-order valence-electron chi connectivity index (χ0n) is 16.6. The highest BCUT2D eigenvalue weighted by atomic mass is 35.5. The maximum atomic E-state index is 13.1. The fourth-order valence-electron chi connectivity index (χ4n) is 3.87. The molecule has 1 aliphatic heterocycles. The Morgan fingerprint density at radius 1 is 0.938 bits per heavy atom. The van der Waals surface area contributed by atoms with Crippen molar-refractivity contribution in [2.24, 2.45) is 0 Å². The number of nitrogens with one attached hydrogen (secondary N) is 1. The Morgan fingerprint density at radius 3 is 2.66 bits per heavy atom. The lowest BCUT2D eigenvalue weighted by molar-refractivity contribution is 0.0924. The molecule has 0 bridgehead atoms. The highest BCUT2D eigenvalue weighted by Gasteiger charge is 2.25. The van der Waals surface area contributed by atoms with Crippen LogP contribution >= 0.6 is 34.8 Å². The van der Waals surface area contributed by atoms with Crippen molar-refractivity contribution in [1.82, 2.24) is 15.3 Å². The standard InChI is InChI=1S/C24H16Cl3N3O2/c25-17-6-3-5-13(20(17)26)14-8-10-28-23-21(27)16(12-29-22(14)23)24(31)30-18-9-11-32-19-7-2-1-4-15(18)19/h1-8,10,12,18H,9,11H2,(H,30,31)/t18-/m0/s1. The van der Waals surface area contributed by atoms with Crippen LogP contribution in [0.1, 0.15) is 28.4 Å². The molecule has 0 radical (unpaired) electrons. The predicted octanol–water partition coefficient (Wildman–Crippen LogP) is 6.51. The van der Waals surface area contributed by atoms with Crippen molar-refractivity contribution in [3.63, 3.8) is 0 Å². The summed E-state index contributed by atoms with van der Waals surface area (Å²) in [6.07, 6.45) is 3.74. The predicted molar refractivity (Wildman–Crippen MR) is 127 cm³/mol. The first-order valence-electron chi connectivity index (χ1n) is 9.95. The molecular formula is C24H16Cl3N3O2. The van der Waals surface area contributed by atoms with Gasteiger partial charge in [0.2, 0.25) is 0 Å². The van der Waals surface area contributed by atoms with Gasteiger partial charge in [-0.25, -0.2) is 0 Å². The quantitative estimate of drug-likeness (QED) is 0.360. The first-order valence-corrected chi connectivity index (χ1v) is 11.1. The Labute approximate surface area is 199 Å². The summed E-state index contributed by atoms with van der Waals surface area (Å²) in [5, 5.41) is 4.13. The van der Waals surface area contributed by atoms with Crippen LogP contribution in [-0.4, -0.2) is 22.5 Å². The minimum absolute atomic E-state index is 0.177. The number of pyridine rings is 2. The lowest BCUT2D eigenvalue weighted by Crippen LogP contribution is -2.32. The van der Waals surface area contributed by atoms with Crippen molar-refractivity contribution in [3.8, 4) is 16.9 Å². The summed E-state index contributed by atoms with van der Waals surface area (Å²) in [7, 11) is 0. The summed E-state index contributed by atoms with van der Waals surface area (Å²) in [5.41, 5.74) is 3.59. The smallest absolute Gasteiger partial charge is 0.254 e. The second-order valence-corrected chi connectivity index (χ2v) is 8.51. The van der Waals surface area contributed by atoms with Gasteiger partial charge >= 0.3 is 0 Å². The number of benzene rings is 2. The summed E-state index contributed by atoms with van der Waals surface area (Å²) in [5.74, 6) is 0.454. The Balaban J connectivity index is 1.52. The third-order valence-corrected chi connectivity index (χ3v) is 6.64. The zero-order valence-corrected chi connectivity index (χ0v) is 18.9. The third kappa shape index (κ3) is 3.66. The fourth-order valence-corrected chi connectivity index (χ4v) is 4.55. The van der Waals surface area contributed by atoms with Gasteiger partial charge in [-0.2, -0.15) is 0 Å². The summed E-state index contributed by atoms with van der Waals surface area (Å²) in [6.45, 7) is 0.525. The Hall–Kier alpha value is -2.86. The third-order valence-electron chi connectivity index (χ3n) is 5.44. The maximum absolute atomic E-state index is 13.1. The van der Waals surface area contributed by atoms with Crippen LogP contribution in [-0.2, 0) is 0 Å². The average Bonchev–Trinajstić information content (AvgIpc) is 2.81. The number of nitrogens with zero attached hydrogens (tertiary/aromatic N) is 2. The number of fused-ring (bicyclic) bond motifs is 2. The molecule has 2 aromatic carbocycles. The number of halogens is 3. The second kappa shape index (κ2) is 8.58. The molecule has 1 aliphatic rings. The number of ether oxygens (including phenoxy) is 1.